The van der Waals surface area contributed by atoms with E-state index in [1.54, 1.807) is 0 Å². The molecule has 3 aliphatic heterocycles. The third-order valence-electron chi connectivity index (χ3n) is 19.7. The number of aliphatic hydroxyl groups is 10. The molecule has 8 rings (SSSR count). The van der Waals surface area contributed by atoms with Crippen molar-refractivity contribution in [2.24, 2.45) is 50.2 Å². The average molecular weight is 957 g/mol. The molecule has 0 spiro atoms. The van der Waals surface area contributed by atoms with Crippen LogP contribution >= 0.6 is 0 Å². The molecule has 0 amide bonds. The Bertz CT molecular complexity index is 1830. The van der Waals surface area contributed by atoms with E-state index in [1.807, 2.05) is 6.92 Å². The lowest BCUT2D eigenvalue weighted by Crippen LogP contribution is -2.68. The molecular weight excluding hydrogens is 877 g/mol. The minimum absolute atomic E-state index is 0.0229. The summed E-state index contributed by atoms with van der Waals surface area (Å²) in [6.45, 7) is 16.5. The number of aliphatic hydroxyl groups excluding tert-OH is 10. The molecule has 0 bridgehead atoms. The predicted molar refractivity (Wildman–Crippen MR) is 235 cm³/mol. The van der Waals surface area contributed by atoms with Crippen LogP contribution in [0.2, 0.25) is 0 Å². The van der Waals surface area contributed by atoms with Gasteiger partial charge < -0.3 is 84.2 Å². The van der Waals surface area contributed by atoms with E-state index in [0.717, 1.165) is 52.1 Å². The first kappa shape index (κ1) is 51.9. The van der Waals surface area contributed by atoms with Gasteiger partial charge in [0.25, 0.3) is 0 Å². The van der Waals surface area contributed by atoms with Crippen molar-refractivity contribution in [1.82, 2.24) is 0 Å². The number of ether oxygens (including phenoxy) is 7. The average Bonchev–Trinajstić information content (AvgIpc) is 3.28. The monoisotopic (exact) mass is 957 g/mol. The lowest BCUT2D eigenvalue weighted by Gasteiger charge is -2.72. The van der Waals surface area contributed by atoms with Gasteiger partial charge in [0, 0.05) is 10.8 Å². The molecule has 10 N–H and O–H groups in total. The largest absolute Gasteiger partial charge is 0.467 e. The van der Waals surface area contributed by atoms with Gasteiger partial charge in [-0.15, -0.1) is 0 Å². The van der Waals surface area contributed by atoms with Gasteiger partial charge in [-0.05, 0) is 104 Å². The zero-order valence-corrected chi connectivity index (χ0v) is 40.6. The SMILES string of the molecule is COC(=O)[C@H]1O[C@@H](O[C@H]2CC[C@@]3(C)[C@H](CC[C@]4(C)[C@@H]3CC=C3[C@@H]5CC(C)(C)C[C@@H](O)[C@]5(C)CC[C@]34C)[C@@]2(C)CO)[C@H](O[C@@H]2O[C@H](CO)[C@H](O)[C@H](O)[C@H]2O[C@@H]2O[C@@H](C)[C@H](O)[C@@H](O)[C@H]2O)[C@@H](O)[C@@H]1O. The topological polar surface area (TPSA) is 284 Å². The summed E-state index contributed by atoms with van der Waals surface area (Å²) in [5.74, 6) is -0.520. The van der Waals surface area contributed by atoms with E-state index < -0.39 is 116 Å². The predicted octanol–water partition coefficient (Wildman–Crippen LogP) is 0.793. The molecule has 0 unspecified atom stereocenters. The molecule has 0 aromatic heterocycles. The normalized spacial score (nSPS) is 55.2. The Hall–Kier alpha value is -1.43. The number of hydrogen-bond acceptors (Lipinski definition) is 18. The number of fused-ring (bicyclic) bond motifs is 7. The van der Waals surface area contributed by atoms with E-state index in [4.69, 9.17) is 33.2 Å². The molecule has 0 aromatic rings. The first-order chi connectivity index (χ1) is 31.3. The molecule has 384 valence electrons. The van der Waals surface area contributed by atoms with Crippen LogP contribution in [0, 0.1) is 50.2 Å². The molecule has 4 saturated carbocycles. The van der Waals surface area contributed by atoms with E-state index in [-0.39, 0.29) is 57.5 Å². The Labute approximate surface area is 393 Å². The van der Waals surface area contributed by atoms with Crippen LogP contribution in [-0.2, 0) is 38.0 Å². The number of carbonyl (C=O) groups is 1. The van der Waals surface area contributed by atoms with Gasteiger partial charge >= 0.3 is 5.97 Å². The highest BCUT2D eigenvalue weighted by molar-refractivity contribution is 5.75. The third kappa shape index (κ3) is 8.11. The maximum absolute atomic E-state index is 13.1. The zero-order chi connectivity index (χ0) is 49.1. The number of allylic oxidation sites excluding steroid dienone is 2. The highest BCUT2D eigenvalue weighted by Crippen LogP contribution is 2.76. The van der Waals surface area contributed by atoms with Gasteiger partial charge in [-0.25, -0.2) is 4.79 Å². The lowest BCUT2D eigenvalue weighted by atomic mass is 9.33. The van der Waals surface area contributed by atoms with Crippen molar-refractivity contribution in [3.05, 3.63) is 11.6 Å². The second kappa shape index (κ2) is 18.3. The summed E-state index contributed by atoms with van der Waals surface area (Å²) in [5, 5.41) is 110. The molecule has 7 fully saturated rings. The van der Waals surface area contributed by atoms with Crippen molar-refractivity contribution in [3.8, 4) is 0 Å². The van der Waals surface area contributed by atoms with Gasteiger partial charge in [0.05, 0.1) is 38.6 Å². The molecule has 18 heteroatoms. The first-order valence-electron chi connectivity index (χ1n) is 24.6. The van der Waals surface area contributed by atoms with E-state index in [1.165, 1.54) is 12.5 Å². The van der Waals surface area contributed by atoms with Crippen molar-refractivity contribution in [2.75, 3.05) is 20.3 Å². The molecule has 0 aromatic carbocycles. The summed E-state index contributed by atoms with van der Waals surface area (Å²) in [6.07, 6.45) is -16.6. The molecule has 18 nitrogen and oxygen atoms in total. The van der Waals surface area contributed by atoms with Crippen LogP contribution in [0.5, 0.6) is 0 Å². The molecule has 25 atom stereocenters. The fourth-order valence-electron chi connectivity index (χ4n) is 15.2. The summed E-state index contributed by atoms with van der Waals surface area (Å²) < 4.78 is 41.6. The summed E-state index contributed by atoms with van der Waals surface area (Å²) in [4.78, 5) is 13.1. The van der Waals surface area contributed by atoms with Gasteiger partial charge in [0.2, 0.25) is 0 Å². The van der Waals surface area contributed by atoms with Crippen molar-refractivity contribution in [3.63, 3.8) is 0 Å². The molecule has 3 saturated heterocycles. The second-order valence-electron chi connectivity index (χ2n) is 23.8. The van der Waals surface area contributed by atoms with Gasteiger partial charge in [-0.2, -0.15) is 0 Å². The zero-order valence-electron chi connectivity index (χ0n) is 40.6. The Morgan fingerprint density at radius 1 is 0.672 bits per heavy atom. The second-order valence-corrected chi connectivity index (χ2v) is 23.8. The Morgan fingerprint density at radius 3 is 1.96 bits per heavy atom. The van der Waals surface area contributed by atoms with E-state index >= 15 is 0 Å². The van der Waals surface area contributed by atoms with Gasteiger partial charge in [-0.1, -0.05) is 60.1 Å². The molecule has 5 aliphatic carbocycles. The van der Waals surface area contributed by atoms with Crippen LogP contribution in [0.4, 0.5) is 0 Å². The summed E-state index contributed by atoms with van der Waals surface area (Å²) in [5.41, 5.74) is 0.0428. The Morgan fingerprint density at radius 2 is 1.31 bits per heavy atom. The number of esters is 1. The van der Waals surface area contributed by atoms with E-state index in [2.05, 4.69) is 47.6 Å². The van der Waals surface area contributed by atoms with E-state index in [0.29, 0.717) is 12.8 Å². The van der Waals surface area contributed by atoms with Crippen LogP contribution < -0.4 is 0 Å². The maximum atomic E-state index is 13.1. The smallest absolute Gasteiger partial charge is 0.337 e. The fourth-order valence-corrected chi connectivity index (χ4v) is 15.2. The highest BCUT2D eigenvalue weighted by Gasteiger charge is 2.70. The van der Waals surface area contributed by atoms with Crippen LogP contribution in [0.1, 0.15) is 113 Å². The summed E-state index contributed by atoms with van der Waals surface area (Å²) in [7, 11) is 1.10. The number of hydrogen-bond donors (Lipinski definition) is 10. The van der Waals surface area contributed by atoms with Crippen LogP contribution in [0.3, 0.4) is 0 Å². The summed E-state index contributed by atoms with van der Waals surface area (Å²) in [6, 6.07) is 0. The third-order valence-corrected chi connectivity index (χ3v) is 19.7. The maximum Gasteiger partial charge on any atom is 0.337 e. The molecule has 8 aliphatic rings. The molecular formula is C49H80O18. The summed E-state index contributed by atoms with van der Waals surface area (Å²) >= 11 is 0. The molecule has 3 heterocycles. The van der Waals surface area contributed by atoms with Crippen LogP contribution in [0.15, 0.2) is 11.6 Å². The van der Waals surface area contributed by atoms with Crippen molar-refractivity contribution in [2.45, 2.75) is 218 Å². The Kier molecular flexibility index (Phi) is 14.1. The van der Waals surface area contributed by atoms with E-state index in [9.17, 15) is 55.9 Å². The highest BCUT2D eigenvalue weighted by atomic mass is 16.8. The van der Waals surface area contributed by atoms with Crippen LogP contribution in [-0.4, -0.2) is 182 Å². The lowest BCUT2D eigenvalue weighted by molar-refractivity contribution is -0.396. The van der Waals surface area contributed by atoms with Gasteiger partial charge in [-0.3, -0.25) is 0 Å². The minimum Gasteiger partial charge on any atom is -0.467 e. The van der Waals surface area contributed by atoms with Gasteiger partial charge in [0.15, 0.2) is 25.0 Å². The van der Waals surface area contributed by atoms with Crippen molar-refractivity contribution in [1.29, 1.82) is 0 Å². The number of methoxy groups -OCH3 is 1. The van der Waals surface area contributed by atoms with Crippen molar-refractivity contribution >= 4 is 5.97 Å². The number of rotatable bonds is 9. The first-order valence-corrected chi connectivity index (χ1v) is 24.6. The van der Waals surface area contributed by atoms with Crippen molar-refractivity contribution < 1.29 is 89.0 Å². The van der Waals surface area contributed by atoms with Crippen LogP contribution in [0.25, 0.3) is 0 Å². The fraction of sp³-hybridized carbons (Fsp3) is 0.939. The quantitative estimate of drug-likeness (QED) is 0.0869. The minimum atomic E-state index is -1.95. The number of carbonyl (C=O) groups excluding carboxylic acids is 1. The standard InChI is InChI=1S/C49H80O18/c1-22-30(53)32(55)36(59)41(62-22)66-38-33(56)31(54)25(20-50)63-42(38)67-39-35(58)34(57)37(40(60)61-9)65-43(39)64-29-13-14-46(5)26(47(29,6)21-51)12-15-49(8)27(46)11-10-23-24-18-44(2,3)19-28(52)45(24,4)16-17-48(23,49)7/h10,22,24-39,41-43,50-59H,11-21H2,1-9H3/t22-,24-,25+,26-,27+,28+,29-,30-,31-,32+,33-,34-,35-,36+,37-,38+,39+,41-,42-,43+,45+,46-,47+,48+,49+/m0/s1. The molecule has 0 radical (unpaired) electrons. The van der Waals surface area contributed by atoms with Gasteiger partial charge in [0.1, 0.15) is 61.0 Å². The molecule has 67 heavy (non-hydrogen) atoms. The Balaban J connectivity index is 1.08.